The van der Waals surface area contributed by atoms with E-state index in [1.54, 1.807) is 13.4 Å². The first-order valence-corrected chi connectivity index (χ1v) is 8.20. The highest BCUT2D eigenvalue weighted by atomic mass is 16.5. The lowest BCUT2D eigenvalue weighted by Gasteiger charge is -2.15. The van der Waals surface area contributed by atoms with E-state index in [0.717, 1.165) is 29.3 Å². The third kappa shape index (κ3) is 4.84. The van der Waals surface area contributed by atoms with Gasteiger partial charge in [-0.15, -0.1) is 0 Å². The van der Waals surface area contributed by atoms with Crippen LogP contribution >= 0.6 is 0 Å². The molecule has 0 aliphatic rings. The number of nitrogens with zero attached hydrogens (tertiary/aromatic N) is 2. The van der Waals surface area contributed by atoms with E-state index in [0.29, 0.717) is 19.0 Å². The van der Waals surface area contributed by atoms with Crippen molar-refractivity contribution < 1.29 is 13.9 Å². The Labute approximate surface area is 147 Å². The summed E-state index contributed by atoms with van der Waals surface area (Å²) in [5, 5.41) is 0. The average Bonchev–Trinajstić information content (AvgIpc) is 3.11. The van der Waals surface area contributed by atoms with Gasteiger partial charge in [0.05, 0.1) is 12.8 Å². The van der Waals surface area contributed by atoms with Crippen LogP contribution in [0.15, 0.2) is 65.3 Å². The molecule has 1 heterocycles. The molecular formula is C20H22N2O3. The molecule has 130 valence electrons. The second-order valence-electron chi connectivity index (χ2n) is 5.77. The van der Waals surface area contributed by atoms with Gasteiger partial charge in [0.1, 0.15) is 24.4 Å². The summed E-state index contributed by atoms with van der Waals surface area (Å²) in [6.07, 6.45) is 1.70. The van der Waals surface area contributed by atoms with Crippen molar-refractivity contribution in [1.29, 1.82) is 0 Å². The molecule has 2 aromatic carbocycles. The zero-order valence-corrected chi connectivity index (χ0v) is 14.5. The molecule has 3 aromatic rings. The molecule has 0 N–H and O–H groups in total. The van der Waals surface area contributed by atoms with E-state index < -0.39 is 0 Å². The summed E-state index contributed by atoms with van der Waals surface area (Å²) < 4.78 is 16.5. The third-order valence-corrected chi connectivity index (χ3v) is 3.81. The average molecular weight is 338 g/mol. The molecule has 0 radical (unpaired) electrons. The van der Waals surface area contributed by atoms with Gasteiger partial charge in [0.2, 0.25) is 5.89 Å². The van der Waals surface area contributed by atoms with E-state index in [2.05, 4.69) is 9.88 Å². The predicted molar refractivity (Wildman–Crippen MR) is 96.8 cm³/mol. The molecule has 0 saturated heterocycles. The molecule has 0 atom stereocenters. The Morgan fingerprint density at radius 1 is 1.00 bits per heavy atom. The smallest absolute Gasteiger partial charge is 0.226 e. The predicted octanol–water partition coefficient (Wildman–Crippen LogP) is 3.86. The van der Waals surface area contributed by atoms with Crippen molar-refractivity contribution in [3.63, 3.8) is 0 Å². The molecule has 0 fully saturated rings. The fourth-order valence-electron chi connectivity index (χ4n) is 2.44. The first-order valence-electron chi connectivity index (χ1n) is 8.20. The van der Waals surface area contributed by atoms with Crippen LogP contribution in [-0.2, 0) is 6.54 Å². The number of oxazole rings is 1. The van der Waals surface area contributed by atoms with Crippen molar-refractivity contribution in [1.82, 2.24) is 9.88 Å². The molecule has 5 nitrogen and oxygen atoms in total. The van der Waals surface area contributed by atoms with E-state index in [1.807, 2.05) is 61.6 Å². The lowest BCUT2D eigenvalue weighted by atomic mass is 10.2. The van der Waals surface area contributed by atoms with E-state index in [4.69, 9.17) is 13.9 Å². The van der Waals surface area contributed by atoms with Crippen LogP contribution in [0.5, 0.6) is 11.5 Å². The summed E-state index contributed by atoms with van der Waals surface area (Å²) in [7, 11) is 3.69. The zero-order chi connectivity index (χ0) is 17.5. The molecule has 0 unspecified atom stereocenters. The summed E-state index contributed by atoms with van der Waals surface area (Å²) in [5.74, 6) is 2.32. The van der Waals surface area contributed by atoms with Gasteiger partial charge in [-0.05, 0) is 43.4 Å². The first kappa shape index (κ1) is 17.0. The standard InChI is InChI=1S/C20H22N2O3/c1-22(12-13-24-19-6-4-3-5-7-19)14-17-15-25-20(21-17)16-8-10-18(23-2)11-9-16/h3-11,15H,12-14H2,1-2H3. The summed E-state index contributed by atoms with van der Waals surface area (Å²) in [4.78, 5) is 6.70. The van der Waals surface area contributed by atoms with Crippen LogP contribution in [0.3, 0.4) is 0 Å². The van der Waals surface area contributed by atoms with Crippen molar-refractivity contribution in [3.8, 4) is 23.0 Å². The fourth-order valence-corrected chi connectivity index (χ4v) is 2.44. The Kier molecular flexibility index (Phi) is 5.69. The largest absolute Gasteiger partial charge is 0.497 e. The summed E-state index contributed by atoms with van der Waals surface area (Å²) in [6, 6.07) is 17.5. The van der Waals surface area contributed by atoms with Crippen LogP contribution < -0.4 is 9.47 Å². The molecule has 1 aromatic heterocycles. The number of para-hydroxylation sites is 1. The molecule has 0 aliphatic carbocycles. The van der Waals surface area contributed by atoms with Crippen molar-refractivity contribution in [2.75, 3.05) is 27.3 Å². The van der Waals surface area contributed by atoms with Gasteiger partial charge in [-0.1, -0.05) is 18.2 Å². The quantitative estimate of drug-likeness (QED) is 0.624. The van der Waals surface area contributed by atoms with Crippen molar-refractivity contribution >= 4 is 0 Å². The number of aromatic nitrogens is 1. The Balaban J connectivity index is 1.50. The monoisotopic (exact) mass is 338 g/mol. The molecule has 5 heteroatoms. The minimum atomic E-state index is 0.617. The highest BCUT2D eigenvalue weighted by Crippen LogP contribution is 2.22. The van der Waals surface area contributed by atoms with Crippen LogP contribution in [0.2, 0.25) is 0 Å². The van der Waals surface area contributed by atoms with Gasteiger partial charge in [0.15, 0.2) is 0 Å². The second kappa shape index (κ2) is 8.35. The van der Waals surface area contributed by atoms with Crippen LogP contribution in [0.25, 0.3) is 11.5 Å². The summed E-state index contributed by atoms with van der Waals surface area (Å²) >= 11 is 0. The van der Waals surface area contributed by atoms with Crippen LogP contribution in [0.1, 0.15) is 5.69 Å². The minimum absolute atomic E-state index is 0.617. The Bertz CT molecular complexity index is 769. The lowest BCUT2D eigenvalue weighted by molar-refractivity contribution is 0.231. The van der Waals surface area contributed by atoms with Crippen LogP contribution in [0.4, 0.5) is 0 Å². The Morgan fingerprint density at radius 2 is 1.76 bits per heavy atom. The summed E-state index contributed by atoms with van der Waals surface area (Å²) in [5.41, 5.74) is 1.83. The molecule has 25 heavy (non-hydrogen) atoms. The number of hydrogen-bond acceptors (Lipinski definition) is 5. The molecule has 0 spiro atoms. The van der Waals surface area contributed by atoms with Gasteiger partial charge < -0.3 is 13.9 Å². The fraction of sp³-hybridized carbons (Fsp3) is 0.250. The highest BCUT2D eigenvalue weighted by molar-refractivity contribution is 5.54. The van der Waals surface area contributed by atoms with Gasteiger partial charge >= 0.3 is 0 Å². The number of hydrogen-bond donors (Lipinski definition) is 0. The maximum atomic E-state index is 5.71. The zero-order valence-electron chi connectivity index (χ0n) is 14.5. The highest BCUT2D eigenvalue weighted by Gasteiger charge is 2.09. The number of benzene rings is 2. The van der Waals surface area contributed by atoms with Crippen LogP contribution in [-0.4, -0.2) is 37.2 Å². The Morgan fingerprint density at radius 3 is 2.48 bits per heavy atom. The molecule has 0 bridgehead atoms. The van der Waals surface area contributed by atoms with Crippen molar-refractivity contribution in [2.24, 2.45) is 0 Å². The SMILES string of the molecule is COc1ccc(-c2nc(CN(C)CCOc3ccccc3)co2)cc1. The van der Waals surface area contributed by atoms with Gasteiger partial charge in [-0.25, -0.2) is 4.98 Å². The van der Waals surface area contributed by atoms with Gasteiger partial charge in [-0.2, -0.15) is 0 Å². The summed E-state index contributed by atoms with van der Waals surface area (Å²) in [6.45, 7) is 2.14. The van der Waals surface area contributed by atoms with E-state index >= 15 is 0 Å². The number of methoxy groups -OCH3 is 1. The minimum Gasteiger partial charge on any atom is -0.497 e. The number of rotatable bonds is 8. The van der Waals surface area contributed by atoms with E-state index in [-0.39, 0.29) is 0 Å². The molecular weight excluding hydrogens is 316 g/mol. The number of ether oxygens (including phenoxy) is 2. The molecule has 0 amide bonds. The van der Waals surface area contributed by atoms with Gasteiger partial charge in [0, 0.05) is 18.7 Å². The van der Waals surface area contributed by atoms with Crippen molar-refractivity contribution in [3.05, 3.63) is 66.6 Å². The molecule has 3 rings (SSSR count). The normalized spacial score (nSPS) is 10.8. The second-order valence-corrected chi connectivity index (χ2v) is 5.77. The van der Waals surface area contributed by atoms with Crippen molar-refractivity contribution in [2.45, 2.75) is 6.54 Å². The lowest BCUT2D eigenvalue weighted by Crippen LogP contribution is -2.24. The van der Waals surface area contributed by atoms with Gasteiger partial charge in [-0.3, -0.25) is 4.90 Å². The maximum Gasteiger partial charge on any atom is 0.226 e. The number of likely N-dealkylation sites (N-methyl/N-ethyl adjacent to an activating group) is 1. The molecule has 0 saturated carbocycles. The Hall–Kier alpha value is -2.79. The maximum absolute atomic E-state index is 5.71. The molecule has 0 aliphatic heterocycles. The first-order chi connectivity index (χ1) is 12.2. The van der Waals surface area contributed by atoms with E-state index in [9.17, 15) is 0 Å². The third-order valence-electron chi connectivity index (χ3n) is 3.81. The van der Waals surface area contributed by atoms with E-state index in [1.165, 1.54) is 0 Å². The van der Waals surface area contributed by atoms with Crippen LogP contribution in [0, 0.1) is 0 Å². The topological polar surface area (TPSA) is 47.7 Å². The van der Waals surface area contributed by atoms with Gasteiger partial charge in [0.25, 0.3) is 0 Å².